The van der Waals surface area contributed by atoms with Crippen molar-refractivity contribution in [3.8, 4) is 29.2 Å². The van der Waals surface area contributed by atoms with Gasteiger partial charge in [0.05, 0.1) is 12.7 Å². The quantitative estimate of drug-likeness (QED) is 0.777. The molecule has 3 nitrogen and oxygen atoms in total. The van der Waals surface area contributed by atoms with E-state index in [1.54, 1.807) is 0 Å². The fraction of sp³-hybridized carbons (Fsp3) is 0.364. The zero-order valence-electron chi connectivity index (χ0n) is 14.4. The molecule has 0 amide bonds. The van der Waals surface area contributed by atoms with Crippen LogP contribution in [0, 0.1) is 12.3 Å². The zero-order chi connectivity index (χ0) is 17.5. The minimum absolute atomic E-state index is 0.266. The number of terminal acetylenes is 1. The van der Waals surface area contributed by atoms with E-state index in [1.807, 2.05) is 48.5 Å². The molecule has 0 aliphatic carbocycles. The minimum atomic E-state index is -0.654. The highest BCUT2D eigenvalue weighted by atomic mass is 16.7. The summed E-state index contributed by atoms with van der Waals surface area (Å²) in [5, 5.41) is 10.6. The van der Waals surface area contributed by atoms with Crippen molar-refractivity contribution in [1.82, 2.24) is 0 Å². The highest BCUT2D eigenvalue weighted by molar-refractivity contribution is 5.72. The molecular formula is C22H24O3. The van der Waals surface area contributed by atoms with Crippen LogP contribution in [0.15, 0.2) is 48.5 Å². The Morgan fingerprint density at radius 2 is 2.00 bits per heavy atom. The molecule has 3 rings (SSSR count). The average Bonchev–Trinajstić information content (AvgIpc) is 2.68. The molecule has 1 N–H and O–H groups in total. The lowest BCUT2D eigenvalue weighted by Crippen LogP contribution is -2.26. The molecule has 3 heteroatoms. The van der Waals surface area contributed by atoms with E-state index in [-0.39, 0.29) is 6.29 Å². The van der Waals surface area contributed by atoms with Gasteiger partial charge >= 0.3 is 0 Å². The maximum Gasteiger partial charge on any atom is 0.199 e. The summed E-state index contributed by atoms with van der Waals surface area (Å²) in [6, 6.07) is 15.9. The number of hydrogen-bond acceptors (Lipinski definition) is 3. The maximum absolute atomic E-state index is 10.6. The van der Waals surface area contributed by atoms with Gasteiger partial charge < -0.3 is 14.6 Å². The number of aliphatic hydroxyl groups is 1. The van der Waals surface area contributed by atoms with Gasteiger partial charge in [-0.2, -0.15) is 0 Å². The van der Waals surface area contributed by atoms with Crippen LogP contribution >= 0.6 is 0 Å². The molecule has 0 spiro atoms. The van der Waals surface area contributed by atoms with Crippen molar-refractivity contribution >= 4 is 0 Å². The lowest BCUT2D eigenvalue weighted by atomic mass is 9.97. The molecule has 2 aromatic rings. The van der Waals surface area contributed by atoms with Gasteiger partial charge in [0.25, 0.3) is 0 Å². The van der Waals surface area contributed by atoms with Crippen molar-refractivity contribution < 1.29 is 14.6 Å². The van der Waals surface area contributed by atoms with Crippen LogP contribution in [0.2, 0.25) is 0 Å². The van der Waals surface area contributed by atoms with Gasteiger partial charge in [0.1, 0.15) is 5.75 Å². The first kappa shape index (κ1) is 17.5. The smallest absolute Gasteiger partial charge is 0.199 e. The Balaban J connectivity index is 1.97. The van der Waals surface area contributed by atoms with Crippen LogP contribution in [0.1, 0.15) is 43.8 Å². The highest BCUT2D eigenvalue weighted by Crippen LogP contribution is 2.38. The van der Waals surface area contributed by atoms with Crippen LogP contribution in [0.5, 0.6) is 5.75 Å². The second-order valence-electron chi connectivity index (χ2n) is 6.26. The number of hydrogen-bond donors (Lipinski definition) is 1. The minimum Gasteiger partial charge on any atom is -0.464 e. The predicted molar refractivity (Wildman–Crippen MR) is 99.1 cm³/mol. The SMILES string of the molecule is C#CCCC(O)c1cccc(-c2ccccc2)c1OC1CCCCO1. The largest absolute Gasteiger partial charge is 0.464 e. The maximum atomic E-state index is 10.6. The topological polar surface area (TPSA) is 38.7 Å². The summed E-state index contributed by atoms with van der Waals surface area (Å²) < 4.78 is 12.0. The van der Waals surface area contributed by atoms with Crippen molar-refractivity contribution in [2.45, 2.75) is 44.5 Å². The summed E-state index contributed by atoms with van der Waals surface area (Å²) in [7, 11) is 0. The number of aliphatic hydroxyl groups excluding tert-OH is 1. The first-order valence-corrected chi connectivity index (χ1v) is 8.87. The fourth-order valence-corrected chi connectivity index (χ4v) is 3.10. The van der Waals surface area contributed by atoms with Crippen molar-refractivity contribution in [3.63, 3.8) is 0 Å². The third kappa shape index (κ3) is 4.42. The van der Waals surface area contributed by atoms with Crippen LogP contribution in [0.3, 0.4) is 0 Å². The lowest BCUT2D eigenvalue weighted by molar-refractivity contribution is -0.106. The van der Waals surface area contributed by atoms with Gasteiger partial charge in [-0.3, -0.25) is 0 Å². The van der Waals surface area contributed by atoms with E-state index >= 15 is 0 Å². The standard InChI is InChI=1S/C22H24O3/c1-2-3-14-20(23)19-13-9-12-18(17-10-5-4-6-11-17)22(19)25-21-15-7-8-16-24-21/h1,4-6,9-13,20-21,23H,3,7-8,14-16H2. The van der Waals surface area contributed by atoms with E-state index in [0.717, 1.165) is 36.0 Å². The predicted octanol–water partition coefficient (Wildman–Crippen LogP) is 4.71. The molecule has 0 saturated carbocycles. The number of benzene rings is 2. The molecular weight excluding hydrogens is 312 g/mol. The third-order valence-electron chi connectivity index (χ3n) is 4.44. The monoisotopic (exact) mass is 336 g/mol. The zero-order valence-corrected chi connectivity index (χ0v) is 14.4. The number of ether oxygens (including phenoxy) is 2. The van der Waals surface area contributed by atoms with E-state index in [4.69, 9.17) is 15.9 Å². The third-order valence-corrected chi connectivity index (χ3v) is 4.44. The molecule has 130 valence electrons. The number of rotatable bonds is 6. The molecule has 1 aliphatic rings. The van der Waals surface area contributed by atoms with Crippen LogP contribution in [-0.4, -0.2) is 18.0 Å². The van der Waals surface area contributed by atoms with E-state index in [0.29, 0.717) is 25.2 Å². The van der Waals surface area contributed by atoms with Gasteiger partial charge in [0, 0.05) is 24.0 Å². The Hall–Kier alpha value is -2.28. The first-order valence-electron chi connectivity index (χ1n) is 8.87. The van der Waals surface area contributed by atoms with E-state index in [2.05, 4.69) is 5.92 Å². The Kier molecular flexibility index (Phi) is 6.11. The molecule has 25 heavy (non-hydrogen) atoms. The van der Waals surface area contributed by atoms with Gasteiger partial charge in [-0.25, -0.2) is 0 Å². The summed E-state index contributed by atoms with van der Waals surface area (Å²) >= 11 is 0. The normalized spacial score (nSPS) is 18.3. The first-order chi connectivity index (χ1) is 12.3. The molecule has 0 radical (unpaired) electrons. The second-order valence-corrected chi connectivity index (χ2v) is 6.26. The molecule has 2 atom stereocenters. The molecule has 2 unspecified atom stereocenters. The van der Waals surface area contributed by atoms with Gasteiger partial charge in [-0.15, -0.1) is 12.3 Å². The molecule has 2 aromatic carbocycles. The Morgan fingerprint density at radius 3 is 2.72 bits per heavy atom. The van der Waals surface area contributed by atoms with Crippen molar-refractivity contribution in [2.24, 2.45) is 0 Å². The van der Waals surface area contributed by atoms with E-state index in [9.17, 15) is 5.11 Å². The molecule has 1 saturated heterocycles. The van der Waals surface area contributed by atoms with Crippen LogP contribution in [-0.2, 0) is 4.74 Å². The summed E-state index contributed by atoms with van der Waals surface area (Å²) in [4.78, 5) is 0. The summed E-state index contributed by atoms with van der Waals surface area (Å²) in [6.07, 6.45) is 8.49. The van der Waals surface area contributed by atoms with E-state index < -0.39 is 6.10 Å². The Bertz CT molecular complexity index is 712. The molecule has 1 heterocycles. The molecule has 1 fully saturated rings. The summed E-state index contributed by atoms with van der Waals surface area (Å²) in [6.45, 7) is 0.715. The second kappa shape index (κ2) is 8.71. The Labute approximate surface area is 149 Å². The Morgan fingerprint density at radius 1 is 1.16 bits per heavy atom. The summed E-state index contributed by atoms with van der Waals surface area (Å²) in [5.41, 5.74) is 2.79. The fourth-order valence-electron chi connectivity index (χ4n) is 3.10. The molecule has 0 bridgehead atoms. The van der Waals surface area contributed by atoms with Crippen molar-refractivity contribution in [1.29, 1.82) is 0 Å². The highest BCUT2D eigenvalue weighted by Gasteiger charge is 2.22. The molecule has 0 aromatic heterocycles. The van der Waals surface area contributed by atoms with Gasteiger partial charge in [0.15, 0.2) is 6.29 Å². The van der Waals surface area contributed by atoms with Crippen molar-refractivity contribution in [3.05, 3.63) is 54.1 Å². The van der Waals surface area contributed by atoms with Gasteiger partial charge in [0.2, 0.25) is 0 Å². The van der Waals surface area contributed by atoms with Gasteiger partial charge in [-0.05, 0) is 24.8 Å². The van der Waals surface area contributed by atoms with E-state index in [1.165, 1.54) is 0 Å². The summed E-state index contributed by atoms with van der Waals surface area (Å²) in [5.74, 6) is 3.29. The van der Waals surface area contributed by atoms with Crippen LogP contribution in [0.4, 0.5) is 0 Å². The average molecular weight is 336 g/mol. The van der Waals surface area contributed by atoms with Crippen LogP contribution in [0.25, 0.3) is 11.1 Å². The van der Waals surface area contributed by atoms with Gasteiger partial charge in [-0.1, -0.05) is 48.5 Å². The number of para-hydroxylation sites is 1. The lowest BCUT2D eigenvalue weighted by Gasteiger charge is -2.27. The van der Waals surface area contributed by atoms with Crippen LogP contribution < -0.4 is 4.74 Å². The molecule has 1 aliphatic heterocycles. The van der Waals surface area contributed by atoms with Crippen molar-refractivity contribution in [2.75, 3.05) is 6.61 Å².